The van der Waals surface area contributed by atoms with Gasteiger partial charge in [-0.05, 0) is 12.8 Å². The molecule has 0 bridgehead atoms. The number of hydrogen-bond donors (Lipinski definition) is 3. The summed E-state index contributed by atoms with van der Waals surface area (Å²) in [6.07, 6.45) is 6.02. The second-order valence-corrected chi connectivity index (χ2v) is 4.19. The first-order valence-corrected chi connectivity index (χ1v) is 5.67. The van der Waals surface area contributed by atoms with Gasteiger partial charge in [-0.15, -0.1) is 0 Å². The van der Waals surface area contributed by atoms with Crippen LogP contribution in [0.5, 0.6) is 0 Å². The Balaban J connectivity index is 2.00. The molecule has 17 heavy (non-hydrogen) atoms. The van der Waals surface area contributed by atoms with E-state index in [9.17, 15) is 9.90 Å². The van der Waals surface area contributed by atoms with E-state index in [1.54, 1.807) is 0 Å². The maximum Gasteiger partial charge on any atom is 0.356 e. The first-order valence-electron chi connectivity index (χ1n) is 5.67. The van der Waals surface area contributed by atoms with Crippen LogP contribution >= 0.6 is 0 Å². The fourth-order valence-corrected chi connectivity index (χ4v) is 1.98. The van der Waals surface area contributed by atoms with Crippen LogP contribution in [0.15, 0.2) is 12.4 Å². The number of carboxylic acid groups (broad SMARTS) is 1. The van der Waals surface area contributed by atoms with Crippen LogP contribution in [0.3, 0.4) is 0 Å². The highest BCUT2D eigenvalue weighted by atomic mass is 16.4. The molecule has 1 aromatic heterocycles. The predicted octanol–water partition coefficient (Wildman–Crippen LogP) is 0.890. The van der Waals surface area contributed by atoms with Crippen molar-refractivity contribution in [2.45, 2.75) is 37.8 Å². The van der Waals surface area contributed by atoms with Crippen molar-refractivity contribution in [1.29, 1.82) is 0 Å². The summed E-state index contributed by atoms with van der Waals surface area (Å²) in [5.41, 5.74) is -0.0836. The Labute approximate surface area is 98.7 Å². The number of aliphatic hydroxyl groups excluding tert-OH is 1. The molecule has 1 aromatic rings. The van der Waals surface area contributed by atoms with Crippen molar-refractivity contribution >= 4 is 11.8 Å². The second kappa shape index (κ2) is 5.09. The van der Waals surface area contributed by atoms with Crippen molar-refractivity contribution in [3.05, 3.63) is 18.1 Å². The molecule has 6 heteroatoms. The Bertz CT molecular complexity index is 393. The van der Waals surface area contributed by atoms with Gasteiger partial charge in [-0.2, -0.15) is 0 Å². The molecule has 92 valence electrons. The number of rotatable bonds is 3. The molecule has 3 N–H and O–H groups in total. The summed E-state index contributed by atoms with van der Waals surface area (Å²) in [6, 6.07) is -0.0197. The second-order valence-electron chi connectivity index (χ2n) is 4.19. The minimum atomic E-state index is -1.10. The van der Waals surface area contributed by atoms with E-state index in [4.69, 9.17) is 5.11 Å². The third-order valence-electron chi connectivity index (χ3n) is 2.93. The van der Waals surface area contributed by atoms with Gasteiger partial charge in [0.05, 0.1) is 24.5 Å². The van der Waals surface area contributed by atoms with Gasteiger partial charge in [0.2, 0.25) is 0 Å². The van der Waals surface area contributed by atoms with Crippen LogP contribution in [0, 0.1) is 0 Å². The fourth-order valence-electron chi connectivity index (χ4n) is 1.98. The highest BCUT2D eigenvalue weighted by Gasteiger charge is 2.23. The van der Waals surface area contributed by atoms with E-state index in [1.165, 1.54) is 12.4 Å². The van der Waals surface area contributed by atoms with Gasteiger partial charge < -0.3 is 15.5 Å². The van der Waals surface area contributed by atoms with Crippen LogP contribution < -0.4 is 5.32 Å². The van der Waals surface area contributed by atoms with E-state index in [2.05, 4.69) is 15.3 Å². The van der Waals surface area contributed by atoms with Gasteiger partial charge in [0, 0.05) is 0 Å². The lowest BCUT2D eigenvalue weighted by molar-refractivity contribution is 0.0690. The summed E-state index contributed by atoms with van der Waals surface area (Å²) in [5, 5.41) is 21.5. The summed E-state index contributed by atoms with van der Waals surface area (Å²) >= 11 is 0. The highest BCUT2D eigenvalue weighted by molar-refractivity contribution is 5.84. The SMILES string of the molecule is O=C(O)c1cnc(N[C@H]2CCCC[C@@H]2O)cn1. The molecular weight excluding hydrogens is 222 g/mol. The van der Waals surface area contributed by atoms with Crippen molar-refractivity contribution in [1.82, 2.24) is 9.97 Å². The van der Waals surface area contributed by atoms with E-state index < -0.39 is 5.97 Å². The van der Waals surface area contributed by atoms with Crippen molar-refractivity contribution in [3.8, 4) is 0 Å². The topological polar surface area (TPSA) is 95.3 Å². The smallest absolute Gasteiger partial charge is 0.356 e. The third-order valence-corrected chi connectivity index (χ3v) is 2.93. The molecule has 2 atom stereocenters. The van der Waals surface area contributed by atoms with Crippen molar-refractivity contribution < 1.29 is 15.0 Å². The van der Waals surface area contributed by atoms with Gasteiger partial charge >= 0.3 is 5.97 Å². The summed E-state index contributed by atoms with van der Waals surface area (Å²) in [5.74, 6) is -0.595. The molecule has 0 unspecified atom stereocenters. The molecular formula is C11H15N3O3. The monoisotopic (exact) mass is 237 g/mol. The van der Waals surface area contributed by atoms with Crippen molar-refractivity contribution in [3.63, 3.8) is 0 Å². The van der Waals surface area contributed by atoms with Gasteiger partial charge in [-0.3, -0.25) is 0 Å². The van der Waals surface area contributed by atoms with Gasteiger partial charge in [0.15, 0.2) is 5.69 Å². The van der Waals surface area contributed by atoms with Crippen molar-refractivity contribution in [2.24, 2.45) is 0 Å². The maximum absolute atomic E-state index is 10.6. The maximum atomic E-state index is 10.6. The number of aromatic carboxylic acids is 1. The van der Waals surface area contributed by atoms with Crippen LogP contribution in [-0.2, 0) is 0 Å². The average Bonchev–Trinajstić information content (AvgIpc) is 2.33. The van der Waals surface area contributed by atoms with Gasteiger partial charge in [0.25, 0.3) is 0 Å². The van der Waals surface area contributed by atoms with Crippen LogP contribution in [0.2, 0.25) is 0 Å². The largest absolute Gasteiger partial charge is 0.476 e. The molecule has 2 rings (SSSR count). The van der Waals surface area contributed by atoms with Crippen LogP contribution in [0.4, 0.5) is 5.82 Å². The summed E-state index contributed by atoms with van der Waals surface area (Å²) in [6.45, 7) is 0. The lowest BCUT2D eigenvalue weighted by atomic mass is 9.93. The minimum Gasteiger partial charge on any atom is -0.476 e. The quantitative estimate of drug-likeness (QED) is 0.722. The number of aliphatic hydroxyl groups is 1. The lowest BCUT2D eigenvalue weighted by Gasteiger charge is -2.28. The molecule has 1 heterocycles. The Morgan fingerprint density at radius 1 is 1.29 bits per heavy atom. The molecule has 0 amide bonds. The molecule has 0 spiro atoms. The number of nitrogens with one attached hydrogen (secondary N) is 1. The zero-order valence-corrected chi connectivity index (χ0v) is 9.33. The number of nitrogens with zero attached hydrogens (tertiary/aromatic N) is 2. The Hall–Kier alpha value is -1.69. The van der Waals surface area contributed by atoms with Crippen molar-refractivity contribution in [2.75, 3.05) is 5.32 Å². The van der Waals surface area contributed by atoms with Crippen LogP contribution in [-0.4, -0.2) is 38.3 Å². The molecule has 1 saturated carbocycles. The first kappa shape index (κ1) is 11.8. The fraction of sp³-hybridized carbons (Fsp3) is 0.545. The zero-order valence-electron chi connectivity index (χ0n) is 9.33. The molecule has 1 fully saturated rings. The molecule has 0 aliphatic heterocycles. The number of hydrogen-bond acceptors (Lipinski definition) is 5. The summed E-state index contributed by atoms with van der Waals surface area (Å²) in [4.78, 5) is 18.3. The molecule has 0 radical (unpaired) electrons. The summed E-state index contributed by atoms with van der Waals surface area (Å²) < 4.78 is 0. The first-order chi connectivity index (χ1) is 8.16. The van der Waals surface area contributed by atoms with Gasteiger partial charge in [0.1, 0.15) is 5.82 Å². The van der Waals surface area contributed by atoms with E-state index in [0.717, 1.165) is 25.7 Å². The number of carboxylic acids is 1. The predicted molar refractivity (Wildman–Crippen MR) is 60.9 cm³/mol. The number of carbonyl (C=O) groups is 1. The van der Waals surface area contributed by atoms with E-state index in [1.807, 2.05) is 0 Å². The molecule has 0 aromatic carbocycles. The summed E-state index contributed by atoms with van der Waals surface area (Å²) in [7, 11) is 0. The van der Waals surface area contributed by atoms with Crippen LogP contribution in [0.1, 0.15) is 36.2 Å². The number of aromatic nitrogens is 2. The lowest BCUT2D eigenvalue weighted by Crippen LogP contribution is -2.36. The van der Waals surface area contributed by atoms with E-state index in [-0.39, 0.29) is 17.8 Å². The Morgan fingerprint density at radius 2 is 2.06 bits per heavy atom. The highest BCUT2D eigenvalue weighted by Crippen LogP contribution is 2.21. The Kier molecular flexibility index (Phi) is 3.53. The average molecular weight is 237 g/mol. The van der Waals surface area contributed by atoms with Gasteiger partial charge in [-0.1, -0.05) is 12.8 Å². The number of anilines is 1. The normalized spacial score (nSPS) is 24.3. The van der Waals surface area contributed by atoms with E-state index >= 15 is 0 Å². The molecule has 1 aliphatic rings. The Morgan fingerprint density at radius 3 is 2.65 bits per heavy atom. The molecule has 0 saturated heterocycles. The standard InChI is InChI=1S/C11H15N3O3/c15-9-4-2-1-3-7(9)14-10-6-12-8(5-13-10)11(16)17/h5-7,9,15H,1-4H2,(H,13,14)(H,16,17)/t7-,9-/m0/s1. The zero-order chi connectivity index (χ0) is 12.3. The molecule has 1 aliphatic carbocycles. The van der Waals surface area contributed by atoms with Gasteiger partial charge in [-0.25, -0.2) is 14.8 Å². The van der Waals surface area contributed by atoms with E-state index in [0.29, 0.717) is 5.82 Å². The third kappa shape index (κ3) is 2.91. The molecule has 6 nitrogen and oxygen atoms in total. The van der Waals surface area contributed by atoms with Crippen LogP contribution in [0.25, 0.3) is 0 Å². The minimum absolute atomic E-state index is 0.0197.